The Morgan fingerprint density at radius 3 is 2.49 bits per heavy atom. The molecule has 4 heterocycles. The van der Waals surface area contributed by atoms with E-state index < -0.39 is 9.84 Å². The van der Waals surface area contributed by atoms with Crippen LogP contribution in [-0.2, 0) is 16.4 Å². The van der Waals surface area contributed by atoms with Gasteiger partial charge in [0.1, 0.15) is 23.6 Å². The maximum absolute atomic E-state index is 13.6. The smallest absolute Gasteiger partial charge is 0.230 e. The fraction of sp³-hybridized carbons (Fsp3) is 0.192. The SMILES string of the molecule is O=S1(=O)CC(CCn2cc(-c3ncnc4oc(-c5ccccc5)cc34)c(-c3ccc(F)cc3)n2)C1. The van der Waals surface area contributed by atoms with E-state index in [1.165, 1.54) is 18.5 Å². The molecule has 9 heteroatoms. The van der Waals surface area contributed by atoms with E-state index in [0.717, 1.165) is 22.1 Å². The molecule has 1 saturated heterocycles. The Kier molecular flexibility index (Phi) is 5.21. The van der Waals surface area contributed by atoms with Gasteiger partial charge < -0.3 is 4.42 Å². The van der Waals surface area contributed by atoms with Crippen molar-refractivity contribution < 1.29 is 17.2 Å². The highest BCUT2D eigenvalue weighted by atomic mass is 32.2. The van der Waals surface area contributed by atoms with E-state index >= 15 is 0 Å². The lowest BCUT2D eigenvalue weighted by Gasteiger charge is -2.25. The number of fused-ring (bicyclic) bond motifs is 1. The van der Waals surface area contributed by atoms with Crippen molar-refractivity contribution in [3.8, 4) is 33.8 Å². The molecule has 1 aliphatic heterocycles. The molecule has 3 aromatic heterocycles. The minimum absolute atomic E-state index is 0.148. The van der Waals surface area contributed by atoms with Gasteiger partial charge in [-0.2, -0.15) is 5.10 Å². The van der Waals surface area contributed by atoms with E-state index in [1.807, 2.05) is 47.3 Å². The van der Waals surface area contributed by atoms with Crippen LogP contribution in [0.15, 0.2) is 77.6 Å². The van der Waals surface area contributed by atoms with Crippen LogP contribution in [0.1, 0.15) is 6.42 Å². The Hall–Kier alpha value is -3.85. The van der Waals surface area contributed by atoms with Gasteiger partial charge in [0.15, 0.2) is 9.84 Å². The van der Waals surface area contributed by atoms with Gasteiger partial charge in [-0.15, -0.1) is 0 Å². The third kappa shape index (κ3) is 4.23. The van der Waals surface area contributed by atoms with Crippen molar-refractivity contribution in [2.24, 2.45) is 5.92 Å². The van der Waals surface area contributed by atoms with Crippen molar-refractivity contribution in [2.45, 2.75) is 13.0 Å². The van der Waals surface area contributed by atoms with Gasteiger partial charge in [0.25, 0.3) is 0 Å². The molecule has 0 amide bonds. The highest BCUT2D eigenvalue weighted by molar-refractivity contribution is 7.92. The van der Waals surface area contributed by atoms with E-state index in [2.05, 4.69) is 9.97 Å². The predicted octanol–water partition coefficient (Wildman–Crippen LogP) is 4.99. The molecule has 0 saturated carbocycles. The lowest BCUT2D eigenvalue weighted by Crippen LogP contribution is -2.36. The Labute approximate surface area is 201 Å². The number of furan rings is 1. The summed E-state index contributed by atoms with van der Waals surface area (Å²) in [7, 11) is -2.87. The van der Waals surface area contributed by atoms with Gasteiger partial charge in [-0.3, -0.25) is 4.68 Å². The van der Waals surface area contributed by atoms with Gasteiger partial charge >= 0.3 is 0 Å². The summed E-state index contributed by atoms with van der Waals surface area (Å²) in [5.74, 6) is 0.970. The highest BCUT2D eigenvalue weighted by Gasteiger charge is 2.33. The number of benzene rings is 2. The molecular formula is C26H21FN4O3S. The van der Waals surface area contributed by atoms with E-state index in [-0.39, 0.29) is 23.2 Å². The van der Waals surface area contributed by atoms with Gasteiger partial charge in [0.05, 0.1) is 22.6 Å². The first-order chi connectivity index (χ1) is 16.9. The van der Waals surface area contributed by atoms with Crippen LogP contribution < -0.4 is 0 Å². The van der Waals surface area contributed by atoms with Gasteiger partial charge in [0, 0.05) is 29.4 Å². The fourth-order valence-corrected chi connectivity index (χ4v) is 6.17. The third-order valence-electron chi connectivity index (χ3n) is 6.27. The number of halogens is 1. The quantitative estimate of drug-likeness (QED) is 0.334. The summed E-state index contributed by atoms with van der Waals surface area (Å²) < 4.78 is 44.5. The lowest BCUT2D eigenvalue weighted by molar-refractivity contribution is 0.451. The number of sulfone groups is 1. The third-order valence-corrected chi connectivity index (χ3v) is 8.23. The van der Waals surface area contributed by atoms with Crippen LogP contribution in [0.5, 0.6) is 0 Å². The second kappa shape index (κ2) is 8.42. The first-order valence-corrected chi connectivity index (χ1v) is 13.1. The Morgan fingerprint density at radius 1 is 0.971 bits per heavy atom. The zero-order valence-corrected chi connectivity index (χ0v) is 19.5. The molecule has 2 aromatic carbocycles. The molecule has 7 nitrogen and oxygen atoms in total. The summed E-state index contributed by atoms with van der Waals surface area (Å²) in [5, 5.41) is 5.53. The molecule has 6 rings (SSSR count). The first-order valence-electron chi connectivity index (χ1n) is 11.3. The van der Waals surface area contributed by atoms with Gasteiger partial charge in [0.2, 0.25) is 5.71 Å². The largest absolute Gasteiger partial charge is 0.438 e. The Morgan fingerprint density at radius 2 is 1.74 bits per heavy atom. The van der Waals surface area contributed by atoms with E-state index in [4.69, 9.17) is 9.52 Å². The average molecular weight is 489 g/mol. The van der Waals surface area contributed by atoms with Gasteiger partial charge in [-0.05, 0) is 42.7 Å². The number of hydrogen-bond donors (Lipinski definition) is 0. The zero-order valence-electron chi connectivity index (χ0n) is 18.6. The first kappa shape index (κ1) is 21.7. The molecule has 0 aliphatic carbocycles. The van der Waals surface area contributed by atoms with E-state index in [0.29, 0.717) is 35.8 Å². The number of hydrogen-bond acceptors (Lipinski definition) is 6. The Bertz CT molecular complexity index is 1610. The van der Waals surface area contributed by atoms with Crippen molar-refractivity contribution >= 4 is 20.9 Å². The van der Waals surface area contributed by atoms with Crippen molar-refractivity contribution in [2.75, 3.05) is 11.5 Å². The Balaban J connectivity index is 1.42. The number of aryl methyl sites for hydroxylation is 1. The molecule has 0 radical (unpaired) electrons. The van der Waals surface area contributed by atoms with Crippen molar-refractivity contribution in [1.29, 1.82) is 0 Å². The molecule has 0 atom stereocenters. The molecule has 176 valence electrons. The minimum atomic E-state index is -2.87. The van der Waals surface area contributed by atoms with Crippen LogP contribution in [0.2, 0.25) is 0 Å². The van der Waals surface area contributed by atoms with E-state index in [1.54, 1.807) is 12.1 Å². The topological polar surface area (TPSA) is 90.9 Å². The summed E-state index contributed by atoms with van der Waals surface area (Å²) in [6, 6.07) is 17.9. The number of nitrogens with zero attached hydrogens (tertiary/aromatic N) is 4. The minimum Gasteiger partial charge on any atom is -0.438 e. The number of aromatic nitrogens is 4. The standard InChI is InChI=1S/C26H21FN4O3S/c27-20-8-6-19(7-9-20)24-22(13-31(30-24)11-10-17-14-35(32,33)15-17)25-21-12-23(18-4-2-1-3-5-18)34-26(21)29-16-28-25/h1-9,12-13,16-17H,10-11,14-15H2. The highest BCUT2D eigenvalue weighted by Crippen LogP contribution is 2.37. The molecule has 1 aliphatic rings. The zero-order chi connectivity index (χ0) is 24.0. The second-order valence-electron chi connectivity index (χ2n) is 8.81. The van der Waals surface area contributed by atoms with Crippen LogP contribution in [-0.4, -0.2) is 39.7 Å². The van der Waals surface area contributed by atoms with Crippen LogP contribution in [0.25, 0.3) is 44.9 Å². The maximum Gasteiger partial charge on any atom is 0.230 e. The molecule has 1 fully saturated rings. The van der Waals surface area contributed by atoms with Gasteiger partial charge in [-0.1, -0.05) is 30.3 Å². The molecule has 5 aromatic rings. The van der Waals surface area contributed by atoms with Crippen LogP contribution in [0.4, 0.5) is 4.39 Å². The van der Waals surface area contributed by atoms with Crippen LogP contribution >= 0.6 is 0 Å². The van der Waals surface area contributed by atoms with Gasteiger partial charge in [-0.25, -0.2) is 22.8 Å². The molecular weight excluding hydrogens is 467 g/mol. The summed E-state index contributed by atoms with van der Waals surface area (Å²) in [6.07, 6.45) is 4.08. The molecule has 35 heavy (non-hydrogen) atoms. The van der Waals surface area contributed by atoms with Crippen molar-refractivity contribution in [1.82, 2.24) is 19.7 Å². The monoisotopic (exact) mass is 488 g/mol. The maximum atomic E-state index is 13.6. The molecule has 0 N–H and O–H groups in total. The normalized spacial score (nSPS) is 15.3. The average Bonchev–Trinajstić information content (AvgIpc) is 3.47. The van der Waals surface area contributed by atoms with Crippen molar-refractivity contribution in [3.63, 3.8) is 0 Å². The number of rotatable bonds is 6. The summed E-state index contributed by atoms with van der Waals surface area (Å²) in [5.41, 5.74) is 4.25. The van der Waals surface area contributed by atoms with Crippen molar-refractivity contribution in [3.05, 3.63) is 79.0 Å². The summed E-state index contributed by atoms with van der Waals surface area (Å²) >= 11 is 0. The predicted molar refractivity (Wildman–Crippen MR) is 131 cm³/mol. The summed E-state index contributed by atoms with van der Waals surface area (Å²) in [6.45, 7) is 0.573. The lowest BCUT2D eigenvalue weighted by atomic mass is 10.0. The second-order valence-corrected chi connectivity index (χ2v) is 11.0. The summed E-state index contributed by atoms with van der Waals surface area (Å²) in [4.78, 5) is 8.88. The van der Waals surface area contributed by atoms with Crippen LogP contribution in [0.3, 0.4) is 0 Å². The molecule has 0 bridgehead atoms. The molecule has 0 spiro atoms. The van der Waals surface area contributed by atoms with E-state index in [9.17, 15) is 12.8 Å². The van der Waals surface area contributed by atoms with Crippen LogP contribution in [0, 0.1) is 11.7 Å². The fourth-order valence-electron chi connectivity index (χ4n) is 4.50. The molecule has 0 unspecified atom stereocenters.